The number of hydrogen-bond acceptors (Lipinski definition) is 7. The van der Waals surface area contributed by atoms with Gasteiger partial charge in [-0.2, -0.15) is 19.4 Å². The summed E-state index contributed by atoms with van der Waals surface area (Å²) in [5.74, 6) is 0.423. The van der Waals surface area contributed by atoms with Gasteiger partial charge in [-0.05, 0) is 43.7 Å². The second-order valence-electron chi connectivity index (χ2n) is 7.73. The third kappa shape index (κ3) is 4.36. The zero-order valence-electron chi connectivity index (χ0n) is 18.8. The zero-order valence-corrected chi connectivity index (χ0v) is 18.8. The fourth-order valence-corrected chi connectivity index (χ4v) is 4.01. The second-order valence-corrected chi connectivity index (χ2v) is 7.73. The molecular formula is C23H26N5O5+. The molecule has 4 rings (SSSR count). The molecule has 2 aliphatic heterocycles. The number of likely N-dealkylation sites (N-methyl/N-ethyl adjacent to an activating group) is 1. The number of methoxy groups -OCH3 is 1. The van der Waals surface area contributed by atoms with Gasteiger partial charge in [0.2, 0.25) is 6.04 Å². The zero-order chi connectivity index (χ0) is 23.5. The van der Waals surface area contributed by atoms with E-state index >= 15 is 0 Å². The molecule has 1 atom stereocenters. The van der Waals surface area contributed by atoms with Gasteiger partial charge in [-0.1, -0.05) is 12.1 Å². The van der Waals surface area contributed by atoms with E-state index in [4.69, 9.17) is 9.15 Å². The van der Waals surface area contributed by atoms with Gasteiger partial charge in [-0.3, -0.25) is 9.80 Å². The summed E-state index contributed by atoms with van der Waals surface area (Å²) in [6, 6.07) is 9.41. The predicted molar refractivity (Wildman–Crippen MR) is 119 cm³/mol. The molecule has 0 spiro atoms. The number of carbonyl (C=O) groups is 3. The Balaban J connectivity index is 1.58. The number of ether oxygens (including phenoxy) is 1. The summed E-state index contributed by atoms with van der Waals surface area (Å²) >= 11 is 0. The minimum Gasteiger partial charge on any atom is -0.497 e. The van der Waals surface area contributed by atoms with Gasteiger partial charge in [0.15, 0.2) is 18.8 Å². The number of hydrazone groups is 1. The van der Waals surface area contributed by atoms with Crippen molar-refractivity contribution in [3.63, 3.8) is 0 Å². The van der Waals surface area contributed by atoms with Gasteiger partial charge in [0.1, 0.15) is 17.2 Å². The fraction of sp³-hybridized carbons (Fsp3) is 0.348. The van der Waals surface area contributed by atoms with Crippen molar-refractivity contribution >= 4 is 29.3 Å². The molecule has 1 N–H and O–H groups in total. The molecule has 33 heavy (non-hydrogen) atoms. The number of hydrogen-bond donors (Lipinski definition) is 1. The lowest BCUT2D eigenvalue weighted by molar-refractivity contribution is -0.427. The molecule has 3 heterocycles. The van der Waals surface area contributed by atoms with Crippen LogP contribution in [0.3, 0.4) is 0 Å². The Bertz CT molecular complexity index is 1140. The standard InChI is InChI=1S/C23H25N5O5/c1-4-28-21-20(15(2)25-28)26(23(31)27(22(21)30)13-18-9-6-10-33-18)14-19(29)24-12-16-7-5-8-17(11-16)32-3/h5-11,21H,4,12-14H2,1-3H3/p+1. The van der Waals surface area contributed by atoms with E-state index < -0.39 is 12.1 Å². The molecule has 172 valence electrons. The summed E-state index contributed by atoms with van der Waals surface area (Å²) in [7, 11) is 1.58. The van der Waals surface area contributed by atoms with Crippen molar-refractivity contribution in [2.24, 2.45) is 5.10 Å². The number of fused-ring (bicyclic) bond motifs is 1. The largest absolute Gasteiger partial charge is 0.501 e. The molecule has 2 aromatic rings. The van der Waals surface area contributed by atoms with Crippen LogP contribution in [0.2, 0.25) is 0 Å². The quantitative estimate of drug-likeness (QED) is 0.610. The van der Waals surface area contributed by atoms with Gasteiger partial charge in [-0.25, -0.2) is 4.79 Å². The average Bonchev–Trinajstić information content (AvgIpc) is 3.45. The van der Waals surface area contributed by atoms with Crippen molar-refractivity contribution in [3.05, 3.63) is 54.0 Å². The molecule has 10 nitrogen and oxygen atoms in total. The molecule has 0 radical (unpaired) electrons. The number of nitrogens with zero attached hydrogens (tertiary/aromatic N) is 4. The van der Waals surface area contributed by atoms with E-state index in [0.29, 0.717) is 29.5 Å². The lowest BCUT2D eigenvalue weighted by Crippen LogP contribution is -2.61. The number of carbonyl (C=O) groups excluding carboxylic acids is 3. The predicted octanol–water partition coefficient (Wildman–Crippen LogP) is 1.60. The Labute approximate surface area is 191 Å². The average molecular weight is 452 g/mol. The minimum absolute atomic E-state index is 0.0209. The topological polar surface area (TPSA) is 107 Å². The van der Waals surface area contributed by atoms with Crippen molar-refractivity contribution in [1.82, 2.24) is 15.2 Å². The molecule has 0 saturated heterocycles. The van der Waals surface area contributed by atoms with Gasteiger partial charge in [0.05, 0.1) is 13.4 Å². The number of nitrogens with one attached hydrogen (secondary N) is 1. The van der Waals surface area contributed by atoms with Crippen LogP contribution in [0.25, 0.3) is 0 Å². The van der Waals surface area contributed by atoms with Crippen LogP contribution in [0.5, 0.6) is 5.75 Å². The van der Waals surface area contributed by atoms with Crippen molar-refractivity contribution in [1.29, 1.82) is 0 Å². The van der Waals surface area contributed by atoms with Crippen molar-refractivity contribution in [2.45, 2.75) is 33.0 Å². The maximum absolute atomic E-state index is 13.3. The molecule has 0 aliphatic carbocycles. The third-order valence-corrected chi connectivity index (χ3v) is 5.60. The molecule has 4 amide bonds. The molecular weight excluding hydrogens is 426 g/mol. The van der Waals surface area contributed by atoms with E-state index in [2.05, 4.69) is 10.4 Å². The number of rotatable bonds is 8. The number of imide groups is 1. The molecule has 0 bridgehead atoms. The highest BCUT2D eigenvalue weighted by atomic mass is 16.5. The smallest absolute Gasteiger partial charge is 0.497 e. The van der Waals surface area contributed by atoms with Gasteiger partial charge >= 0.3 is 11.9 Å². The molecule has 1 aromatic carbocycles. The Morgan fingerprint density at radius 2 is 2.09 bits per heavy atom. The van der Waals surface area contributed by atoms with Crippen LogP contribution >= 0.6 is 0 Å². The Morgan fingerprint density at radius 3 is 2.79 bits per heavy atom. The van der Waals surface area contributed by atoms with Crippen LogP contribution < -0.4 is 10.1 Å². The molecule has 2 aliphatic rings. The Kier molecular flexibility index (Phi) is 6.25. The first-order valence-corrected chi connectivity index (χ1v) is 10.7. The van der Waals surface area contributed by atoms with E-state index in [1.165, 1.54) is 10.8 Å². The van der Waals surface area contributed by atoms with Crippen LogP contribution in [0.4, 0.5) is 4.79 Å². The number of furan rings is 1. The van der Waals surface area contributed by atoms with E-state index in [9.17, 15) is 14.4 Å². The van der Waals surface area contributed by atoms with Crippen LogP contribution in [-0.2, 0) is 22.7 Å². The van der Waals surface area contributed by atoms with E-state index in [0.717, 1.165) is 10.5 Å². The summed E-state index contributed by atoms with van der Waals surface area (Å²) in [6.45, 7) is 4.12. The van der Waals surface area contributed by atoms with E-state index in [1.807, 2.05) is 31.2 Å². The van der Waals surface area contributed by atoms with Gasteiger partial charge in [0.25, 0.3) is 5.91 Å². The van der Waals surface area contributed by atoms with Crippen LogP contribution in [0.15, 0.2) is 52.2 Å². The number of urea groups is 1. The third-order valence-electron chi connectivity index (χ3n) is 5.60. The molecule has 0 fully saturated rings. The maximum Gasteiger partial charge on any atom is 0.501 e. The number of amides is 4. The Hall–Kier alpha value is -3.95. The van der Waals surface area contributed by atoms with Crippen molar-refractivity contribution < 1.29 is 28.1 Å². The first-order chi connectivity index (χ1) is 15.9. The van der Waals surface area contributed by atoms with E-state index in [-0.39, 0.29) is 31.4 Å². The summed E-state index contributed by atoms with van der Waals surface area (Å²) in [6.07, 6.45) is 1.48. The lowest BCUT2D eigenvalue weighted by Gasteiger charge is -2.27. The highest BCUT2D eigenvalue weighted by Gasteiger charge is 2.54. The van der Waals surface area contributed by atoms with Gasteiger partial charge in [-0.15, -0.1) is 0 Å². The fourth-order valence-electron chi connectivity index (χ4n) is 4.01. The monoisotopic (exact) mass is 452 g/mol. The molecule has 1 aromatic heterocycles. The van der Waals surface area contributed by atoms with Crippen LogP contribution in [0.1, 0.15) is 25.2 Å². The highest BCUT2D eigenvalue weighted by Crippen LogP contribution is 2.22. The highest BCUT2D eigenvalue weighted by molar-refractivity contribution is 6.48. The lowest BCUT2D eigenvalue weighted by atomic mass is 10.0. The normalized spacial score (nSPS) is 17.9. The summed E-state index contributed by atoms with van der Waals surface area (Å²) in [5.41, 5.74) is 1.85. The second kappa shape index (κ2) is 9.27. The van der Waals surface area contributed by atoms with Crippen molar-refractivity contribution in [3.8, 4) is 5.75 Å². The van der Waals surface area contributed by atoms with E-state index in [1.54, 1.807) is 31.2 Å². The number of benzene rings is 1. The van der Waals surface area contributed by atoms with Crippen LogP contribution in [0, 0.1) is 0 Å². The van der Waals surface area contributed by atoms with Crippen molar-refractivity contribution in [2.75, 3.05) is 20.2 Å². The maximum atomic E-state index is 13.3. The first-order valence-electron chi connectivity index (χ1n) is 10.7. The van der Waals surface area contributed by atoms with Gasteiger partial charge < -0.3 is 14.5 Å². The van der Waals surface area contributed by atoms with Gasteiger partial charge in [0, 0.05) is 13.1 Å². The summed E-state index contributed by atoms with van der Waals surface area (Å²) in [5, 5.41) is 8.91. The SMILES string of the molecule is CCN1N=C(C)C2=[N+](CC(=O)NCc3cccc(OC)c3)C(=O)N(Cc3ccco3)C(=O)C21. The molecule has 10 heteroatoms. The van der Waals surface area contributed by atoms with Crippen LogP contribution in [-0.4, -0.2) is 70.0 Å². The summed E-state index contributed by atoms with van der Waals surface area (Å²) in [4.78, 5) is 40.5. The molecule has 1 unspecified atom stereocenters. The summed E-state index contributed by atoms with van der Waals surface area (Å²) < 4.78 is 11.9. The minimum atomic E-state index is -0.756. The molecule has 0 saturated carbocycles. The first kappa shape index (κ1) is 22.3. The Morgan fingerprint density at radius 1 is 1.27 bits per heavy atom.